The Morgan fingerprint density at radius 3 is 2.50 bits per heavy atom. The highest BCUT2D eigenvalue weighted by Gasteiger charge is 2.13. The van der Waals surface area contributed by atoms with Crippen LogP contribution >= 0.6 is 0 Å². The molecule has 1 amide bonds. The standard InChI is InChI=1S/C22H24N4O2/c1-14-5-6-15(2)20(11-14)26-21(27)19-13-24-22(25-16(19)3)23-12-17-7-9-18(28-4)10-8-17/h5-11,13H,12H2,1-4H3,(H,26,27)(H,23,24,25). The number of hydrogen-bond acceptors (Lipinski definition) is 5. The Hall–Kier alpha value is -3.41. The van der Waals surface area contributed by atoms with Crippen LogP contribution in [0.3, 0.4) is 0 Å². The maximum atomic E-state index is 12.6. The summed E-state index contributed by atoms with van der Waals surface area (Å²) in [5.74, 6) is 1.08. The number of rotatable bonds is 6. The SMILES string of the molecule is COc1ccc(CNc2ncc(C(=O)Nc3cc(C)ccc3C)c(C)n2)cc1. The first-order valence-corrected chi connectivity index (χ1v) is 9.05. The molecule has 0 saturated heterocycles. The van der Waals surface area contributed by atoms with Crippen LogP contribution in [0.25, 0.3) is 0 Å². The second-order valence-electron chi connectivity index (χ2n) is 6.67. The highest BCUT2D eigenvalue weighted by molar-refractivity contribution is 6.05. The molecule has 2 aromatic carbocycles. The predicted molar refractivity (Wildman–Crippen MR) is 111 cm³/mol. The largest absolute Gasteiger partial charge is 0.497 e. The molecule has 28 heavy (non-hydrogen) atoms. The normalized spacial score (nSPS) is 10.4. The molecule has 0 aliphatic rings. The molecule has 6 heteroatoms. The summed E-state index contributed by atoms with van der Waals surface area (Å²) in [4.78, 5) is 21.3. The van der Waals surface area contributed by atoms with E-state index in [1.807, 2.05) is 56.3 Å². The van der Waals surface area contributed by atoms with Crippen molar-refractivity contribution < 1.29 is 9.53 Å². The van der Waals surface area contributed by atoms with Gasteiger partial charge in [-0.25, -0.2) is 9.97 Å². The van der Waals surface area contributed by atoms with Crippen LogP contribution in [-0.2, 0) is 6.54 Å². The number of aromatic nitrogens is 2. The average Bonchev–Trinajstić information content (AvgIpc) is 2.69. The van der Waals surface area contributed by atoms with Gasteiger partial charge in [-0.1, -0.05) is 24.3 Å². The summed E-state index contributed by atoms with van der Waals surface area (Å²) in [5.41, 5.74) is 5.05. The smallest absolute Gasteiger partial charge is 0.259 e. The van der Waals surface area contributed by atoms with Crippen molar-refractivity contribution in [3.8, 4) is 5.75 Å². The molecule has 0 radical (unpaired) electrons. The van der Waals surface area contributed by atoms with Crippen LogP contribution in [0.5, 0.6) is 5.75 Å². The van der Waals surface area contributed by atoms with Crippen LogP contribution in [0.2, 0.25) is 0 Å². The third-order valence-corrected chi connectivity index (χ3v) is 4.47. The fourth-order valence-corrected chi connectivity index (χ4v) is 2.76. The lowest BCUT2D eigenvalue weighted by molar-refractivity contribution is 0.102. The molecule has 0 unspecified atom stereocenters. The number of nitrogens with one attached hydrogen (secondary N) is 2. The van der Waals surface area contributed by atoms with Crippen LogP contribution in [0.1, 0.15) is 32.7 Å². The summed E-state index contributed by atoms with van der Waals surface area (Å²) in [5, 5.41) is 6.12. The van der Waals surface area contributed by atoms with Gasteiger partial charge < -0.3 is 15.4 Å². The van der Waals surface area contributed by atoms with Gasteiger partial charge in [0.05, 0.1) is 18.4 Å². The number of amides is 1. The molecular weight excluding hydrogens is 352 g/mol. The Balaban J connectivity index is 1.67. The number of aryl methyl sites for hydroxylation is 3. The molecule has 3 rings (SSSR count). The lowest BCUT2D eigenvalue weighted by atomic mass is 10.1. The van der Waals surface area contributed by atoms with Gasteiger partial charge in [-0.3, -0.25) is 4.79 Å². The number of carbonyl (C=O) groups excluding carboxylic acids is 1. The van der Waals surface area contributed by atoms with Crippen LogP contribution in [-0.4, -0.2) is 23.0 Å². The van der Waals surface area contributed by atoms with Gasteiger partial charge in [-0.15, -0.1) is 0 Å². The van der Waals surface area contributed by atoms with Crippen LogP contribution < -0.4 is 15.4 Å². The molecular formula is C22H24N4O2. The second kappa shape index (κ2) is 8.52. The van der Waals surface area contributed by atoms with Crippen molar-refractivity contribution in [2.75, 3.05) is 17.7 Å². The lowest BCUT2D eigenvalue weighted by Crippen LogP contribution is -2.16. The molecule has 0 aliphatic carbocycles. The van der Waals surface area contributed by atoms with Gasteiger partial charge in [0.25, 0.3) is 5.91 Å². The minimum Gasteiger partial charge on any atom is -0.497 e. The van der Waals surface area contributed by atoms with Gasteiger partial charge in [0.2, 0.25) is 5.95 Å². The summed E-state index contributed by atoms with van der Waals surface area (Å²) in [6.45, 7) is 6.34. The van der Waals surface area contributed by atoms with Crippen LogP contribution in [0.15, 0.2) is 48.7 Å². The Kier molecular flexibility index (Phi) is 5.89. The van der Waals surface area contributed by atoms with E-state index in [-0.39, 0.29) is 5.91 Å². The van der Waals surface area contributed by atoms with Crippen molar-refractivity contribution in [1.29, 1.82) is 0 Å². The van der Waals surface area contributed by atoms with E-state index in [0.717, 1.165) is 28.1 Å². The highest BCUT2D eigenvalue weighted by Crippen LogP contribution is 2.18. The maximum absolute atomic E-state index is 12.6. The first-order chi connectivity index (χ1) is 13.5. The summed E-state index contributed by atoms with van der Waals surface area (Å²) >= 11 is 0. The van der Waals surface area contributed by atoms with E-state index in [2.05, 4.69) is 20.6 Å². The van der Waals surface area contributed by atoms with E-state index in [4.69, 9.17) is 4.74 Å². The summed E-state index contributed by atoms with van der Waals surface area (Å²) in [6, 6.07) is 13.7. The van der Waals surface area contributed by atoms with E-state index >= 15 is 0 Å². The molecule has 0 spiro atoms. The molecule has 2 N–H and O–H groups in total. The van der Waals surface area contributed by atoms with E-state index in [9.17, 15) is 4.79 Å². The third kappa shape index (κ3) is 4.65. The van der Waals surface area contributed by atoms with Crippen molar-refractivity contribution >= 4 is 17.5 Å². The fourth-order valence-electron chi connectivity index (χ4n) is 2.76. The first-order valence-electron chi connectivity index (χ1n) is 9.05. The highest BCUT2D eigenvalue weighted by atomic mass is 16.5. The Morgan fingerprint density at radius 1 is 1.07 bits per heavy atom. The molecule has 0 bridgehead atoms. The predicted octanol–water partition coefficient (Wildman–Crippen LogP) is 4.27. The minimum absolute atomic E-state index is 0.215. The zero-order valence-corrected chi connectivity index (χ0v) is 16.5. The van der Waals surface area contributed by atoms with Crippen molar-refractivity contribution in [1.82, 2.24) is 9.97 Å². The molecule has 1 heterocycles. The number of benzene rings is 2. The Labute approximate surface area is 165 Å². The van der Waals surface area contributed by atoms with E-state index in [1.165, 1.54) is 0 Å². The van der Waals surface area contributed by atoms with Gasteiger partial charge in [-0.05, 0) is 55.7 Å². The van der Waals surface area contributed by atoms with Gasteiger partial charge in [0, 0.05) is 18.4 Å². The topological polar surface area (TPSA) is 76.1 Å². The van der Waals surface area contributed by atoms with E-state index < -0.39 is 0 Å². The van der Waals surface area contributed by atoms with Crippen molar-refractivity contribution in [2.24, 2.45) is 0 Å². The number of ether oxygens (including phenoxy) is 1. The van der Waals surface area contributed by atoms with E-state index in [0.29, 0.717) is 23.8 Å². The van der Waals surface area contributed by atoms with Crippen molar-refractivity contribution in [2.45, 2.75) is 27.3 Å². The average molecular weight is 376 g/mol. The van der Waals surface area contributed by atoms with E-state index in [1.54, 1.807) is 20.2 Å². The minimum atomic E-state index is -0.215. The summed E-state index contributed by atoms with van der Waals surface area (Å²) < 4.78 is 5.16. The lowest BCUT2D eigenvalue weighted by Gasteiger charge is -2.11. The fraction of sp³-hybridized carbons (Fsp3) is 0.227. The quantitative estimate of drug-likeness (QED) is 0.672. The Bertz CT molecular complexity index is 984. The molecule has 0 atom stereocenters. The van der Waals surface area contributed by atoms with Crippen molar-refractivity contribution in [3.05, 3.63) is 76.6 Å². The maximum Gasteiger partial charge on any atom is 0.259 e. The number of carbonyl (C=O) groups is 1. The second-order valence-corrected chi connectivity index (χ2v) is 6.67. The Morgan fingerprint density at radius 2 is 1.82 bits per heavy atom. The molecule has 6 nitrogen and oxygen atoms in total. The van der Waals surface area contributed by atoms with Crippen LogP contribution in [0, 0.1) is 20.8 Å². The van der Waals surface area contributed by atoms with Crippen LogP contribution in [0.4, 0.5) is 11.6 Å². The molecule has 0 saturated carbocycles. The van der Waals surface area contributed by atoms with Gasteiger partial charge in [0.15, 0.2) is 0 Å². The number of methoxy groups -OCH3 is 1. The zero-order chi connectivity index (χ0) is 20.1. The molecule has 0 fully saturated rings. The van der Waals surface area contributed by atoms with Gasteiger partial charge in [-0.2, -0.15) is 0 Å². The monoisotopic (exact) mass is 376 g/mol. The van der Waals surface area contributed by atoms with Crippen molar-refractivity contribution in [3.63, 3.8) is 0 Å². The first kappa shape index (κ1) is 19.4. The van der Waals surface area contributed by atoms with Gasteiger partial charge >= 0.3 is 0 Å². The molecule has 3 aromatic rings. The molecule has 144 valence electrons. The number of hydrogen-bond donors (Lipinski definition) is 2. The summed E-state index contributed by atoms with van der Waals surface area (Å²) in [6.07, 6.45) is 1.55. The summed E-state index contributed by atoms with van der Waals surface area (Å²) in [7, 11) is 1.64. The zero-order valence-electron chi connectivity index (χ0n) is 16.5. The third-order valence-electron chi connectivity index (χ3n) is 4.47. The van der Waals surface area contributed by atoms with Gasteiger partial charge in [0.1, 0.15) is 5.75 Å². The molecule has 1 aromatic heterocycles. The number of nitrogens with zero attached hydrogens (tertiary/aromatic N) is 2. The molecule has 0 aliphatic heterocycles. The number of anilines is 2.